The molecule has 0 radical (unpaired) electrons. The molecule has 0 amide bonds. The molecule has 18 heavy (non-hydrogen) atoms. The Morgan fingerprint density at radius 1 is 1.33 bits per heavy atom. The van der Waals surface area contributed by atoms with Gasteiger partial charge >= 0.3 is 0 Å². The highest BCUT2D eigenvalue weighted by Gasteiger charge is 2.19. The van der Waals surface area contributed by atoms with Gasteiger partial charge < -0.3 is 10.1 Å². The van der Waals surface area contributed by atoms with E-state index in [2.05, 4.69) is 32.7 Å². The second-order valence-corrected chi connectivity index (χ2v) is 5.29. The van der Waals surface area contributed by atoms with E-state index in [4.69, 9.17) is 4.74 Å². The summed E-state index contributed by atoms with van der Waals surface area (Å²) in [6.45, 7) is 11.7. The van der Waals surface area contributed by atoms with Crippen LogP contribution in [0.15, 0.2) is 30.5 Å². The number of benzene rings is 1. The van der Waals surface area contributed by atoms with Crippen LogP contribution in [0.3, 0.4) is 0 Å². The fraction of sp³-hybridized carbons (Fsp3) is 0.400. The molecule has 0 aliphatic heterocycles. The standard InChI is InChI=1S/C15H21NO2/c1-10(17)14-12(8-7-9-13(14)18-6)16-11(2)15(3,4)5/h7-9,16H,2H2,1,3-6H3. The van der Waals surface area contributed by atoms with Crippen molar-refractivity contribution in [2.45, 2.75) is 27.7 Å². The van der Waals surface area contributed by atoms with Gasteiger partial charge in [-0.2, -0.15) is 0 Å². The Kier molecular flexibility index (Phi) is 4.17. The Bertz CT molecular complexity index is 470. The molecule has 1 aromatic carbocycles. The molecule has 3 heteroatoms. The molecule has 1 rings (SSSR count). The number of nitrogens with one attached hydrogen (secondary N) is 1. The van der Waals surface area contributed by atoms with Crippen LogP contribution in [0.1, 0.15) is 38.1 Å². The zero-order valence-corrected chi connectivity index (χ0v) is 11.8. The zero-order valence-electron chi connectivity index (χ0n) is 11.8. The van der Waals surface area contributed by atoms with Crippen LogP contribution in [-0.4, -0.2) is 12.9 Å². The van der Waals surface area contributed by atoms with Crippen molar-refractivity contribution >= 4 is 11.5 Å². The van der Waals surface area contributed by atoms with Crippen LogP contribution in [0.25, 0.3) is 0 Å². The molecule has 0 bridgehead atoms. The molecule has 0 spiro atoms. The zero-order chi connectivity index (χ0) is 13.9. The van der Waals surface area contributed by atoms with E-state index in [1.807, 2.05) is 12.1 Å². The molecule has 3 nitrogen and oxygen atoms in total. The van der Waals surface area contributed by atoms with E-state index in [9.17, 15) is 4.79 Å². The van der Waals surface area contributed by atoms with E-state index in [1.54, 1.807) is 13.2 Å². The molecule has 98 valence electrons. The van der Waals surface area contributed by atoms with Crippen LogP contribution in [0.2, 0.25) is 0 Å². The minimum absolute atomic E-state index is 0.0309. The van der Waals surface area contributed by atoms with E-state index >= 15 is 0 Å². The first-order valence-electron chi connectivity index (χ1n) is 5.91. The van der Waals surface area contributed by atoms with Crippen LogP contribution in [-0.2, 0) is 0 Å². The third-order valence-electron chi connectivity index (χ3n) is 2.79. The number of ether oxygens (including phenoxy) is 1. The van der Waals surface area contributed by atoms with Crippen molar-refractivity contribution in [2.24, 2.45) is 5.41 Å². The van der Waals surface area contributed by atoms with E-state index in [-0.39, 0.29) is 11.2 Å². The van der Waals surface area contributed by atoms with Gasteiger partial charge in [-0.1, -0.05) is 33.4 Å². The summed E-state index contributed by atoms with van der Waals surface area (Å²) >= 11 is 0. The first-order valence-corrected chi connectivity index (χ1v) is 5.91. The number of allylic oxidation sites excluding steroid dienone is 1. The third-order valence-corrected chi connectivity index (χ3v) is 2.79. The lowest BCUT2D eigenvalue weighted by Gasteiger charge is -2.24. The summed E-state index contributed by atoms with van der Waals surface area (Å²) in [4.78, 5) is 11.7. The van der Waals surface area contributed by atoms with Crippen LogP contribution >= 0.6 is 0 Å². The predicted molar refractivity (Wildman–Crippen MR) is 75.2 cm³/mol. The number of ketones is 1. The van der Waals surface area contributed by atoms with Crippen LogP contribution < -0.4 is 10.1 Å². The van der Waals surface area contributed by atoms with Crippen molar-refractivity contribution in [1.82, 2.24) is 0 Å². The normalized spacial score (nSPS) is 10.9. The lowest BCUT2D eigenvalue weighted by Crippen LogP contribution is -2.17. The maximum atomic E-state index is 11.7. The summed E-state index contributed by atoms with van der Waals surface area (Å²) in [5.41, 5.74) is 2.09. The molecule has 1 N–H and O–H groups in total. The average molecular weight is 247 g/mol. The maximum absolute atomic E-state index is 11.7. The quantitative estimate of drug-likeness (QED) is 0.821. The van der Waals surface area contributed by atoms with Gasteiger partial charge in [-0.05, 0) is 19.1 Å². The Morgan fingerprint density at radius 3 is 2.39 bits per heavy atom. The molecule has 0 saturated heterocycles. The van der Waals surface area contributed by atoms with E-state index in [0.29, 0.717) is 11.3 Å². The number of carbonyl (C=O) groups is 1. The molecule has 0 fully saturated rings. The largest absolute Gasteiger partial charge is 0.496 e. The van der Waals surface area contributed by atoms with Gasteiger partial charge in [0.15, 0.2) is 5.78 Å². The number of anilines is 1. The van der Waals surface area contributed by atoms with Crippen molar-refractivity contribution in [3.63, 3.8) is 0 Å². The first kappa shape index (κ1) is 14.3. The molecule has 0 aromatic heterocycles. The van der Waals surface area contributed by atoms with Crippen molar-refractivity contribution < 1.29 is 9.53 Å². The fourth-order valence-electron chi connectivity index (χ4n) is 1.52. The Labute approximate surface area is 109 Å². The molecule has 0 aliphatic rings. The van der Waals surface area contributed by atoms with E-state index < -0.39 is 0 Å². The minimum Gasteiger partial charge on any atom is -0.496 e. The average Bonchev–Trinajstić information content (AvgIpc) is 2.26. The Morgan fingerprint density at radius 2 is 1.94 bits per heavy atom. The molecule has 0 atom stereocenters. The monoisotopic (exact) mass is 247 g/mol. The second kappa shape index (κ2) is 5.25. The van der Waals surface area contributed by atoms with Gasteiger partial charge in [-0.15, -0.1) is 0 Å². The van der Waals surface area contributed by atoms with Crippen molar-refractivity contribution in [1.29, 1.82) is 0 Å². The summed E-state index contributed by atoms with van der Waals surface area (Å²) < 4.78 is 5.22. The van der Waals surface area contributed by atoms with Gasteiger partial charge in [0, 0.05) is 11.1 Å². The van der Waals surface area contributed by atoms with Gasteiger partial charge in [0.2, 0.25) is 0 Å². The summed E-state index contributed by atoms with van der Waals surface area (Å²) in [7, 11) is 1.56. The number of rotatable bonds is 4. The van der Waals surface area contributed by atoms with Crippen molar-refractivity contribution in [2.75, 3.05) is 12.4 Å². The van der Waals surface area contributed by atoms with Crippen LogP contribution in [0.5, 0.6) is 5.75 Å². The highest BCUT2D eigenvalue weighted by molar-refractivity contribution is 6.02. The molecule has 1 aromatic rings. The number of Topliss-reactive ketones (excluding diaryl/α,β-unsaturated/α-hetero) is 1. The molecular formula is C15H21NO2. The molecule has 0 saturated carbocycles. The van der Waals surface area contributed by atoms with Gasteiger partial charge in [-0.3, -0.25) is 4.79 Å². The SMILES string of the molecule is C=C(Nc1cccc(OC)c1C(C)=O)C(C)(C)C. The smallest absolute Gasteiger partial charge is 0.165 e. The van der Waals surface area contributed by atoms with Gasteiger partial charge in [0.1, 0.15) is 5.75 Å². The van der Waals surface area contributed by atoms with Gasteiger partial charge in [-0.25, -0.2) is 0 Å². The molecule has 0 aliphatic carbocycles. The van der Waals surface area contributed by atoms with Crippen LogP contribution in [0, 0.1) is 5.41 Å². The lowest BCUT2D eigenvalue weighted by atomic mass is 9.92. The Hall–Kier alpha value is -1.77. The summed E-state index contributed by atoms with van der Waals surface area (Å²) in [5, 5.41) is 3.21. The minimum atomic E-state index is -0.0723. The molecule has 0 unspecified atom stereocenters. The maximum Gasteiger partial charge on any atom is 0.165 e. The highest BCUT2D eigenvalue weighted by Crippen LogP contribution is 2.31. The summed E-state index contributed by atoms with van der Waals surface area (Å²) in [6, 6.07) is 5.49. The molecular weight excluding hydrogens is 226 g/mol. The van der Waals surface area contributed by atoms with E-state index in [1.165, 1.54) is 6.92 Å². The second-order valence-electron chi connectivity index (χ2n) is 5.29. The predicted octanol–water partition coefficient (Wildman–Crippen LogP) is 3.87. The van der Waals surface area contributed by atoms with Crippen LogP contribution in [0.4, 0.5) is 5.69 Å². The van der Waals surface area contributed by atoms with E-state index in [0.717, 1.165) is 11.4 Å². The highest BCUT2D eigenvalue weighted by atomic mass is 16.5. The summed E-state index contributed by atoms with van der Waals surface area (Å²) in [5.74, 6) is 0.547. The molecule has 0 heterocycles. The van der Waals surface area contributed by atoms with Crippen molar-refractivity contribution in [3.05, 3.63) is 36.0 Å². The fourth-order valence-corrected chi connectivity index (χ4v) is 1.52. The number of hydrogen-bond donors (Lipinski definition) is 1. The summed E-state index contributed by atoms with van der Waals surface area (Å²) in [6.07, 6.45) is 0. The number of methoxy groups -OCH3 is 1. The lowest BCUT2D eigenvalue weighted by molar-refractivity contribution is 0.101. The first-order chi connectivity index (χ1) is 8.27. The Balaban J connectivity index is 3.17. The number of hydrogen-bond acceptors (Lipinski definition) is 3. The van der Waals surface area contributed by atoms with Gasteiger partial charge in [0.05, 0.1) is 18.4 Å². The van der Waals surface area contributed by atoms with Crippen molar-refractivity contribution in [3.8, 4) is 5.75 Å². The topological polar surface area (TPSA) is 38.3 Å². The van der Waals surface area contributed by atoms with Gasteiger partial charge in [0.25, 0.3) is 0 Å². The number of carbonyl (C=O) groups excluding carboxylic acids is 1. The third kappa shape index (κ3) is 3.13.